The Kier molecular flexibility index (Phi) is 4.08. The van der Waals surface area contributed by atoms with Crippen molar-refractivity contribution in [1.82, 2.24) is 10.2 Å². The van der Waals surface area contributed by atoms with E-state index in [9.17, 15) is 9.59 Å². The topological polar surface area (TPSA) is 75.2 Å². The fourth-order valence-corrected chi connectivity index (χ4v) is 3.35. The van der Waals surface area contributed by atoms with Gasteiger partial charge >= 0.3 is 0 Å². The maximum absolute atomic E-state index is 12.2. The number of hydrogen-bond acceptors (Lipinski definition) is 5. The van der Waals surface area contributed by atoms with Gasteiger partial charge in [-0.2, -0.15) is 0 Å². The number of hydrogen-bond donors (Lipinski definition) is 1. The average molecular weight is 337 g/mol. The van der Waals surface area contributed by atoms with Crippen molar-refractivity contribution in [2.75, 3.05) is 16.8 Å². The fraction of sp³-hybridized carbons (Fsp3) is 0.286. The van der Waals surface area contributed by atoms with Gasteiger partial charge in [-0.1, -0.05) is 22.9 Å². The van der Waals surface area contributed by atoms with Crippen LogP contribution in [0, 0.1) is 0 Å². The van der Waals surface area contributed by atoms with Crippen LogP contribution >= 0.6 is 22.9 Å². The van der Waals surface area contributed by atoms with Gasteiger partial charge in [-0.25, -0.2) is 0 Å². The number of nitrogens with one attached hydrogen (secondary N) is 1. The fourth-order valence-electron chi connectivity index (χ4n) is 2.34. The summed E-state index contributed by atoms with van der Waals surface area (Å²) in [4.78, 5) is 24.9. The Morgan fingerprint density at radius 2 is 2.09 bits per heavy atom. The molecule has 0 spiro atoms. The van der Waals surface area contributed by atoms with Crippen molar-refractivity contribution in [3.8, 4) is 0 Å². The van der Waals surface area contributed by atoms with Gasteiger partial charge in [0.15, 0.2) is 0 Å². The third-order valence-electron chi connectivity index (χ3n) is 3.34. The number of rotatable bonds is 3. The molecule has 0 bridgehead atoms. The van der Waals surface area contributed by atoms with Crippen molar-refractivity contribution in [2.24, 2.45) is 0 Å². The Morgan fingerprint density at radius 1 is 1.36 bits per heavy atom. The summed E-state index contributed by atoms with van der Waals surface area (Å²) in [6.07, 6.45) is 0.386. The third-order valence-corrected chi connectivity index (χ3v) is 4.59. The Labute approximate surface area is 136 Å². The number of benzene rings is 1. The molecule has 2 heterocycles. The SMILES string of the molecule is CC(=O)Nc1nnc([C@H]2CC(=O)N(c3ccc(Cl)cc3)C2)s1. The maximum atomic E-state index is 12.2. The summed E-state index contributed by atoms with van der Waals surface area (Å²) < 4.78 is 0. The predicted molar refractivity (Wildman–Crippen MR) is 85.4 cm³/mol. The van der Waals surface area contributed by atoms with Crippen molar-refractivity contribution >= 4 is 45.6 Å². The van der Waals surface area contributed by atoms with E-state index < -0.39 is 0 Å². The van der Waals surface area contributed by atoms with E-state index in [0.29, 0.717) is 23.1 Å². The minimum Gasteiger partial charge on any atom is -0.312 e. The number of anilines is 2. The van der Waals surface area contributed by atoms with Crippen LogP contribution in [0.4, 0.5) is 10.8 Å². The molecule has 1 atom stereocenters. The second-order valence-corrected chi connectivity index (χ2v) is 6.45. The molecule has 22 heavy (non-hydrogen) atoms. The van der Waals surface area contributed by atoms with Crippen molar-refractivity contribution in [3.05, 3.63) is 34.3 Å². The number of carbonyl (C=O) groups excluding carboxylic acids is 2. The van der Waals surface area contributed by atoms with Gasteiger partial charge in [0.1, 0.15) is 5.01 Å². The highest BCUT2D eigenvalue weighted by Gasteiger charge is 2.33. The molecule has 3 rings (SSSR count). The van der Waals surface area contributed by atoms with Gasteiger partial charge in [0.05, 0.1) is 0 Å². The minimum atomic E-state index is -0.187. The highest BCUT2D eigenvalue weighted by Crippen LogP contribution is 2.34. The van der Waals surface area contributed by atoms with Crippen LogP contribution in [0.15, 0.2) is 24.3 Å². The number of carbonyl (C=O) groups is 2. The third kappa shape index (κ3) is 3.10. The Hall–Kier alpha value is -1.99. The molecule has 1 aromatic heterocycles. The number of nitrogens with zero attached hydrogens (tertiary/aromatic N) is 3. The lowest BCUT2D eigenvalue weighted by molar-refractivity contribution is -0.117. The molecule has 0 radical (unpaired) electrons. The standard InChI is InChI=1S/C14H13ClN4O2S/c1-8(20)16-14-18-17-13(22-14)9-6-12(21)19(7-9)11-4-2-10(15)3-5-11/h2-5,9H,6-7H2,1H3,(H,16,18,20)/t9-/m0/s1. The second-order valence-electron chi connectivity index (χ2n) is 5.01. The largest absolute Gasteiger partial charge is 0.312 e. The molecule has 1 aromatic carbocycles. The van der Waals surface area contributed by atoms with Gasteiger partial charge < -0.3 is 10.2 Å². The Morgan fingerprint density at radius 3 is 2.77 bits per heavy atom. The van der Waals surface area contributed by atoms with Gasteiger partial charge in [0, 0.05) is 36.5 Å². The van der Waals surface area contributed by atoms with Crippen LogP contribution in [-0.4, -0.2) is 28.6 Å². The van der Waals surface area contributed by atoms with E-state index in [0.717, 1.165) is 10.7 Å². The molecule has 6 nitrogen and oxygen atoms in total. The highest BCUT2D eigenvalue weighted by molar-refractivity contribution is 7.15. The first-order valence-electron chi connectivity index (χ1n) is 6.70. The monoisotopic (exact) mass is 336 g/mol. The van der Waals surface area contributed by atoms with E-state index in [-0.39, 0.29) is 17.7 Å². The molecular formula is C14H13ClN4O2S. The van der Waals surface area contributed by atoms with E-state index in [1.54, 1.807) is 17.0 Å². The number of halogens is 1. The van der Waals surface area contributed by atoms with Crippen LogP contribution in [0.1, 0.15) is 24.3 Å². The first-order valence-corrected chi connectivity index (χ1v) is 7.89. The molecule has 1 fully saturated rings. The van der Waals surface area contributed by atoms with Gasteiger partial charge in [0.25, 0.3) is 0 Å². The maximum Gasteiger partial charge on any atom is 0.227 e. The van der Waals surface area contributed by atoms with Gasteiger partial charge in [-0.05, 0) is 24.3 Å². The molecule has 2 aromatic rings. The summed E-state index contributed by atoms with van der Waals surface area (Å²) in [6, 6.07) is 7.17. The number of amides is 2. The smallest absolute Gasteiger partial charge is 0.227 e. The molecule has 1 aliphatic heterocycles. The molecule has 114 valence electrons. The van der Waals surface area contributed by atoms with Gasteiger partial charge in [-0.15, -0.1) is 10.2 Å². The van der Waals surface area contributed by atoms with E-state index in [2.05, 4.69) is 15.5 Å². The summed E-state index contributed by atoms with van der Waals surface area (Å²) >= 11 is 7.18. The van der Waals surface area contributed by atoms with Crippen LogP contribution in [0.2, 0.25) is 5.02 Å². The number of aromatic nitrogens is 2. The molecule has 0 unspecified atom stereocenters. The van der Waals surface area contributed by atoms with Crippen molar-refractivity contribution in [2.45, 2.75) is 19.3 Å². The van der Waals surface area contributed by atoms with Crippen molar-refractivity contribution in [3.63, 3.8) is 0 Å². The zero-order valence-corrected chi connectivity index (χ0v) is 13.3. The summed E-state index contributed by atoms with van der Waals surface area (Å²) in [7, 11) is 0. The first-order chi connectivity index (χ1) is 10.5. The molecule has 0 saturated carbocycles. The van der Waals surface area contributed by atoms with Crippen LogP contribution in [0.3, 0.4) is 0 Å². The van der Waals surface area contributed by atoms with E-state index in [4.69, 9.17) is 11.6 Å². The van der Waals surface area contributed by atoms with Crippen LogP contribution < -0.4 is 10.2 Å². The molecule has 1 aliphatic rings. The molecule has 1 saturated heterocycles. The van der Waals surface area contributed by atoms with Gasteiger partial charge in [0.2, 0.25) is 16.9 Å². The average Bonchev–Trinajstić information content (AvgIpc) is 3.06. The normalized spacial score (nSPS) is 17.8. The molecule has 1 N–H and O–H groups in total. The lowest BCUT2D eigenvalue weighted by atomic mass is 10.1. The van der Waals surface area contributed by atoms with Crippen molar-refractivity contribution < 1.29 is 9.59 Å². The summed E-state index contributed by atoms with van der Waals surface area (Å²) in [5, 5.41) is 12.5. The first kappa shape index (κ1) is 14.9. The summed E-state index contributed by atoms with van der Waals surface area (Å²) in [5.41, 5.74) is 0.823. The molecule has 2 amide bonds. The van der Waals surface area contributed by atoms with Crippen molar-refractivity contribution in [1.29, 1.82) is 0 Å². The lowest BCUT2D eigenvalue weighted by Crippen LogP contribution is -2.24. The molecule has 8 heteroatoms. The second kappa shape index (κ2) is 6.02. The zero-order valence-electron chi connectivity index (χ0n) is 11.7. The van der Waals surface area contributed by atoms with E-state index in [1.165, 1.54) is 18.3 Å². The predicted octanol–water partition coefficient (Wildman–Crippen LogP) is 2.67. The minimum absolute atomic E-state index is 0.0109. The van der Waals surface area contributed by atoms with Crippen LogP contribution in [0.25, 0.3) is 0 Å². The summed E-state index contributed by atoms with van der Waals surface area (Å²) in [6.45, 7) is 1.97. The van der Waals surface area contributed by atoms with E-state index in [1.807, 2.05) is 12.1 Å². The quantitative estimate of drug-likeness (QED) is 0.935. The lowest BCUT2D eigenvalue weighted by Gasteiger charge is -2.16. The van der Waals surface area contributed by atoms with E-state index >= 15 is 0 Å². The van der Waals surface area contributed by atoms with Crippen LogP contribution in [-0.2, 0) is 9.59 Å². The Bertz CT molecular complexity index is 716. The van der Waals surface area contributed by atoms with Gasteiger partial charge in [-0.3, -0.25) is 9.59 Å². The molecular weight excluding hydrogens is 324 g/mol. The zero-order chi connectivity index (χ0) is 15.7. The molecule has 0 aliphatic carbocycles. The highest BCUT2D eigenvalue weighted by atomic mass is 35.5. The Balaban J connectivity index is 1.75. The summed E-state index contributed by atoms with van der Waals surface area (Å²) in [5.74, 6) is -0.153. The van der Waals surface area contributed by atoms with Crippen LogP contribution in [0.5, 0.6) is 0 Å².